The van der Waals surface area contributed by atoms with Crippen molar-refractivity contribution in [1.29, 1.82) is 0 Å². The average Bonchev–Trinajstić information content (AvgIpc) is 2.48. The van der Waals surface area contributed by atoms with E-state index >= 15 is 0 Å². The summed E-state index contributed by atoms with van der Waals surface area (Å²) in [6.07, 6.45) is 1.15. The maximum Gasteiger partial charge on any atom is 0.167 e. The predicted octanol–water partition coefficient (Wildman–Crippen LogP) is 3.38. The summed E-state index contributed by atoms with van der Waals surface area (Å²) in [4.78, 5) is 12.4. The number of nitrogens with two attached hydrogens (primary N) is 1. The molecular formula is C17H18BrNO2. The van der Waals surface area contributed by atoms with Crippen molar-refractivity contribution in [2.45, 2.75) is 12.8 Å². The van der Waals surface area contributed by atoms with E-state index < -0.39 is 0 Å². The fourth-order valence-electron chi connectivity index (χ4n) is 2.18. The number of methoxy groups -OCH3 is 1. The van der Waals surface area contributed by atoms with Gasteiger partial charge in [0, 0.05) is 22.0 Å². The van der Waals surface area contributed by atoms with Crippen LogP contribution in [0.25, 0.3) is 0 Å². The molecule has 0 aliphatic heterocycles. The highest BCUT2D eigenvalue weighted by molar-refractivity contribution is 9.10. The molecule has 21 heavy (non-hydrogen) atoms. The lowest BCUT2D eigenvalue weighted by atomic mass is 10.0. The number of rotatable bonds is 6. The summed E-state index contributed by atoms with van der Waals surface area (Å²) in [6, 6.07) is 13.3. The van der Waals surface area contributed by atoms with Crippen LogP contribution in [-0.4, -0.2) is 19.4 Å². The molecule has 0 fully saturated rings. The molecule has 0 radical (unpaired) electrons. The zero-order valence-corrected chi connectivity index (χ0v) is 13.5. The van der Waals surface area contributed by atoms with Crippen molar-refractivity contribution >= 4 is 21.7 Å². The van der Waals surface area contributed by atoms with Gasteiger partial charge in [0.05, 0.1) is 7.11 Å². The van der Waals surface area contributed by atoms with Gasteiger partial charge in [0.2, 0.25) is 0 Å². The van der Waals surface area contributed by atoms with Gasteiger partial charge in [0.15, 0.2) is 5.78 Å². The summed E-state index contributed by atoms with van der Waals surface area (Å²) in [7, 11) is 1.61. The van der Waals surface area contributed by atoms with Crippen LogP contribution >= 0.6 is 15.9 Å². The Morgan fingerprint density at radius 3 is 2.52 bits per heavy atom. The van der Waals surface area contributed by atoms with Crippen molar-refractivity contribution in [2.24, 2.45) is 5.73 Å². The van der Waals surface area contributed by atoms with Gasteiger partial charge in [0.25, 0.3) is 0 Å². The van der Waals surface area contributed by atoms with Crippen LogP contribution in [0.1, 0.15) is 21.5 Å². The van der Waals surface area contributed by atoms with E-state index in [0.29, 0.717) is 18.5 Å². The molecule has 2 aromatic carbocycles. The Labute approximate surface area is 133 Å². The molecule has 2 rings (SSSR count). The highest BCUT2D eigenvalue weighted by Crippen LogP contribution is 2.24. The number of Topliss-reactive ketones (excluding diaryl/α,β-unsaturated/α-hetero) is 1. The fourth-order valence-corrected chi connectivity index (χ4v) is 2.59. The molecule has 4 heteroatoms. The standard InChI is InChI=1S/C17H18BrNO2/c1-21-17-7-6-15(18)10-14(17)11-16(20)13-4-2-12(3-5-13)8-9-19/h2-7,10H,8-9,11,19H2,1H3. The van der Waals surface area contributed by atoms with E-state index in [4.69, 9.17) is 10.5 Å². The molecule has 0 aliphatic rings. The second-order valence-electron chi connectivity index (χ2n) is 4.79. The maximum atomic E-state index is 12.4. The number of hydrogen-bond acceptors (Lipinski definition) is 3. The minimum absolute atomic E-state index is 0.0747. The third-order valence-electron chi connectivity index (χ3n) is 3.30. The molecule has 0 spiro atoms. The summed E-state index contributed by atoms with van der Waals surface area (Å²) in [5.74, 6) is 0.803. The number of carbonyl (C=O) groups excluding carboxylic acids is 1. The van der Waals surface area contributed by atoms with Gasteiger partial charge in [-0.05, 0) is 36.7 Å². The van der Waals surface area contributed by atoms with Crippen molar-refractivity contribution in [2.75, 3.05) is 13.7 Å². The van der Waals surface area contributed by atoms with Crippen molar-refractivity contribution in [3.8, 4) is 5.75 Å². The first-order valence-corrected chi connectivity index (χ1v) is 7.58. The molecule has 0 saturated carbocycles. The second kappa shape index (κ2) is 7.38. The first-order chi connectivity index (χ1) is 10.1. The Balaban J connectivity index is 2.15. The molecule has 2 N–H and O–H groups in total. The topological polar surface area (TPSA) is 52.3 Å². The highest BCUT2D eigenvalue weighted by Gasteiger charge is 2.11. The van der Waals surface area contributed by atoms with Crippen molar-refractivity contribution in [1.82, 2.24) is 0 Å². The summed E-state index contributed by atoms with van der Waals surface area (Å²) in [5.41, 5.74) is 8.25. The Hall–Kier alpha value is -1.65. The lowest BCUT2D eigenvalue weighted by molar-refractivity contribution is 0.0992. The smallest absolute Gasteiger partial charge is 0.167 e. The van der Waals surface area contributed by atoms with Crippen molar-refractivity contribution < 1.29 is 9.53 Å². The lowest BCUT2D eigenvalue weighted by Gasteiger charge is -2.09. The number of halogens is 1. The van der Waals surface area contributed by atoms with Crippen LogP contribution in [-0.2, 0) is 12.8 Å². The molecule has 0 unspecified atom stereocenters. The molecule has 3 nitrogen and oxygen atoms in total. The molecule has 0 aromatic heterocycles. The third kappa shape index (κ3) is 4.16. The molecule has 110 valence electrons. The van der Waals surface area contributed by atoms with E-state index in [9.17, 15) is 4.79 Å². The van der Waals surface area contributed by atoms with Crippen LogP contribution in [0.4, 0.5) is 0 Å². The van der Waals surface area contributed by atoms with Crippen LogP contribution in [0, 0.1) is 0 Å². The third-order valence-corrected chi connectivity index (χ3v) is 3.80. The number of ketones is 1. The van der Waals surface area contributed by atoms with Gasteiger partial charge in [-0.2, -0.15) is 0 Å². The fraction of sp³-hybridized carbons (Fsp3) is 0.235. The van der Waals surface area contributed by atoms with Crippen LogP contribution in [0.5, 0.6) is 5.75 Å². The quantitative estimate of drug-likeness (QED) is 0.815. The van der Waals surface area contributed by atoms with Gasteiger partial charge in [-0.1, -0.05) is 40.2 Å². The number of hydrogen-bond donors (Lipinski definition) is 1. The molecule has 2 aromatic rings. The predicted molar refractivity (Wildman–Crippen MR) is 87.9 cm³/mol. The first kappa shape index (κ1) is 15.7. The van der Waals surface area contributed by atoms with Gasteiger partial charge in [-0.3, -0.25) is 4.79 Å². The summed E-state index contributed by atoms with van der Waals surface area (Å²) >= 11 is 3.42. The molecular weight excluding hydrogens is 330 g/mol. The van der Waals surface area contributed by atoms with Gasteiger partial charge < -0.3 is 10.5 Å². The summed E-state index contributed by atoms with van der Waals surface area (Å²) in [5, 5.41) is 0. The van der Waals surface area contributed by atoms with Gasteiger partial charge in [-0.25, -0.2) is 0 Å². The summed E-state index contributed by atoms with van der Waals surface area (Å²) < 4.78 is 6.24. The largest absolute Gasteiger partial charge is 0.496 e. The van der Waals surface area contributed by atoms with Gasteiger partial charge in [-0.15, -0.1) is 0 Å². The highest BCUT2D eigenvalue weighted by atomic mass is 79.9. The minimum Gasteiger partial charge on any atom is -0.496 e. The SMILES string of the molecule is COc1ccc(Br)cc1CC(=O)c1ccc(CCN)cc1. The van der Waals surface area contributed by atoms with Crippen LogP contribution < -0.4 is 10.5 Å². The van der Waals surface area contributed by atoms with E-state index in [1.165, 1.54) is 0 Å². The Kier molecular flexibility index (Phi) is 5.53. The molecule has 0 aliphatic carbocycles. The monoisotopic (exact) mass is 347 g/mol. The zero-order valence-electron chi connectivity index (χ0n) is 11.9. The Bertz CT molecular complexity index is 623. The molecule has 0 bridgehead atoms. The van der Waals surface area contributed by atoms with E-state index in [2.05, 4.69) is 15.9 Å². The maximum absolute atomic E-state index is 12.4. The van der Waals surface area contributed by atoms with Gasteiger partial charge >= 0.3 is 0 Å². The van der Waals surface area contributed by atoms with E-state index in [-0.39, 0.29) is 5.78 Å². The van der Waals surface area contributed by atoms with E-state index in [0.717, 1.165) is 27.8 Å². The Morgan fingerprint density at radius 2 is 1.90 bits per heavy atom. The normalized spacial score (nSPS) is 10.4. The number of carbonyl (C=O) groups is 1. The van der Waals surface area contributed by atoms with Crippen molar-refractivity contribution in [3.63, 3.8) is 0 Å². The number of benzene rings is 2. The first-order valence-electron chi connectivity index (χ1n) is 6.78. The lowest BCUT2D eigenvalue weighted by Crippen LogP contribution is -2.06. The zero-order chi connectivity index (χ0) is 15.2. The van der Waals surface area contributed by atoms with Crippen LogP contribution in [0.3, 0.4) is 0 Å². The van der Waals surface area contributed by atoms with Crippen LogP contribution in [0.15, 0.2) is 46.9 Å². The van der Waals surface area contributed by atoms with Crippen LogP contribution in [0.2, 0.25) is 0 Å². The van der Waals surface area contributed by atoms with Crippen molar-refractivity contribution in [3.05, 3.63) is 63.6 Å². The Morgan fingerprint density at radius 1 is 1.19 bits per heavy atom. The van der Waals surface area contributed by atoms with Gasteiger partial charge in [0.1, 0.15) is 5.75 Å². The summed E-state index contributed by atoms with van der Waals surface area (Å²) in [6.45, 7) is 0.614. The molecule has 0 amide bonds. The van der Waals surface area contributed by atoms with E-state index in [1.807, 2.05) is 42.5 Å². The minimum atomic E-state index is 0.0747. The second-order valence-corrected chi connectivity index (χ2v) is 5.71. The molecule has 0 heterocycles. The van der Waals surface area contributed by atoms with E-state index in [1.54, 1.807) is 7.11 Å². The average molecular weight is 348 g/mol. The number of ether oxygens (including phenoxy) is 1. The molecule has 0 saturated heterocycles. The molecule has 0 atom stereocenters.